The summed E-state index contributed by atoms with van der Waals surface area (Å²) in [6.07, 6.45) is 4.19. The summed E-state index contributed by atoms with van der Waals surface area (Å²) < 4.78 is 27.1. The molecule has 4 nitrogen and oxygen atoms in total. The summed E-state index contributed by atoms with van der Waals surface area (Å²) in [5, 5.41) is 0. The molecule has 0 heterocycles. The standard InChI is InChI=1S/C13H20N2O2S2/c1-10(14)11-3-5-12(6-4-11)19(16,17)15-9-13(18-2)7-8-13/h3-6,10,15H,7-9,14H2,1-2H3. The summed E-state index contributed by atoms with van der Waals surface area (Å²) in [5.41, 5.74) is 6.68. The van der Waals surface area contributed by atoms with Gasteiger partial charge in [-0.05, 0) is 43.7 Å². The van der Waals surface area contributed by atoms with Gasteiger partial charge in [-0.2, -0.15) is 11.8 Å². The van der Waals surface area contributed by atoms with E-state index in [2.05, 4.69) is 4.72 Å². The van der Waals surface area contributed by atoms with Crippen molar-refractivity contribution in [1.29, 1.82) is 0 Å². The van der Waals surface area contributed by atoms with Gasteiger partial charge in [0.05, 0.1) is 4.90 Å². The Kier molecular flexibility index (Phi) is 4.25. The van der Waals surface area contributed by atoms with Crippen LogP contribution in [-0.4, -0.2) is 26.0 Å². The summed E-state index contributed by atoms with van der Waals surface area (Å²) in [7, 11) is -3.41. The molecule has 0 bridgehead atoms. The Bertz CT molecular complexity index is 534. The van der Waals surface area contributed by atoms with Crippen molar-refractivity contribution in [3.63, 3.8) is 0 Å². The molecule has 3 N–H and O–H groups in total. The van der Waals surface area contributed by atoms with E-state index >= 15 is 0 Å². The molecule has 2 rings (SSSR count). The predicted molar refractivity (Wildman–Crippen MR) is 79.7 cm³/mol. The maximum absolute atomic E-state index is 12.2. The molecule has 0 saturated heterocycles. The Balaban J connectivity index is 2.06. The van der Waals surface area contributed by atoms with Crippen molar-refractivity contribution < 1.29 is 8.42 Å². The third-order valence-corrected chi connectivity index (χ3v) is 6.38. The predicted octanol–water partition coefficient (Wildman–Crippen LogP) is 1.88. The molecule has 1 aliphatic carbocycles. The third-order valence-electron chi connectivity index (χ3n) is 3.54. The van der Waals surface area contributed by atoms with Crippen molar-refractivity contribution in [2.75, 3.05) is 12.8 Å². The highest BCUT2D eigenvalue weighted by atomic mass is 32.2. The highest BCUT2D eigenvalue weighted by Gasteiger charge is 2.42. The fraction of sp³-hybridized carbons (Fsp3) is 0.538. The van der Waals surface area contributed by atoms with Crippen LogP contribution in [0.1, 0.15) is 31.4 Å². The highest BCUT2D eigenvalue weighted by Crippen LogP contribution is 2.46. The molecule has 19 heavy (non-hydrogen) atoms. The molecule has 1 fully saturated rings. The van der Waals surface area contributed by atoms with E-state index in [0.29, 0.717) is 11.4 Å². The number of thioether (sulfide) groups is 1. The van der Waals surface area contributed by atoms with E-state index in [1.54, 1.807) is 36.0 Å². The second-order valence-corrected chi connectivity index (χ2v) is 8.11. The maximum atomic E-state index is 12.2. The highest BCUT2D eigenvalue weighted by molar-refractivity contribution is 8.00. The minimum atomic E-state index is -3.41. The number of rotatable bonds is 6. The molecule has 1 aliphatic rings. The van der Waals surface area contributed by atoms with Crippen molar-refractivity contribution in [3.8, 4) is 0 Å². The molecule has 1 unspecified atom stereocenters. The molecule has 106 valence electrons. The van der Waals surface area contributed by atoms with E-state index in [4.69, 9.17) is 5.73 Å². The van der Waals surface area contributed by atoms with Crippen LogP contribution >= 0.6 is 11.8 Å². The van der Waals surface area contributed by atoms with Crippen LogP contribution in [0.2, 0.25) is 0 Å². The van der Waals surface area contributed by atoms with Crippen LogP contribution < -0.4 is 10.5 Å². The Labute approximate surface area is 119 Å². The van der Waals surface area contributed by atoms with Gasteiger partial charge in [-0.25, -0.2) is 13.1 Å². The van der Waals surface area contributed by atoms with Gasteiger partial charge in [0, 0.05) is 17.3 Å². The fourth-order valence-corrected chi connectivity index (χ4v) is 3.80. The molecule has 0 amide bonds. The monoisotopic (exact) mass is 300 g/mol. The third kappa shape index (κ3) is 3.51. The lowest BCUT2D eigenvalue weighted by Gasteiger charge is -2.14. The Hall–Kier alpha value is -0.560. The minimum absolute atomic E-state index is 0.0871. The van der Waals surface area contributed by atoms with Gasteiger partial charge in [0.15, 0.2) is 0 Å². The maximum Gasteiger partial charge on any atom is 0.240 e. The zero-order chi connectivity index (χ0) is 14.1. The molecule has 1 saturated carbocycles. The lowest BCUT2D eigenvalue weighted by Crippen LogP contribution is -2.31. The first-order valence-corrected chi connectivity index (χ1v) is 9.00. The topological polar surface area (TPSA) is 72.2 Å². The van der Waals surface area contributed by atoms with E-state index in [-0.39, 0.29) is 10.8 Å². The van der Waals surface area contributed by atoms with Gasteiger partial charge >= 0.3 is 0 Å². The van der Waals surface area contributed by atoms with Crippen molar-refractivity contribution >= 4 is 21.8 Å². The van der Waals surface area contributed by atoms with Gasteiger partial charge in [0.2, 0.25) is 10.0 Å². The largest absolute Gasteiger partial charge is 0.324 e. The van der Waals surface area contributed by atoms with E-state index in [1.807, 2.05) is 13.2 Å². The number of sulfonamides is 1. The van der Waals surface area contributed by atoms with E-state index in [1.165, 1.54) is 0 Å². The van der Waals surface area contributed by atoms with E-state index < -0.39 is 10.0 Å². The summed E-state index contributed by atoms with van der Waals surface area (Å²) in [6, 6.07) is 6.66. The summed E-state index contributed by atoms with van der Waals surface area (Å²) >= 11 is 1.74. The smallest absolute Gasteiger partial charge is 0.240 e. The number of hydrogen-bond donors (Lipinski definition) is 2. The lowest BCUT2D eigenvalue weighted by molar-refractivity contribution is 0.579. The van der Waals surface area contributed by atoms with Gasteiger partial charge in [-0.3, -0.25) is 0 Å². The van der Waals surface area contributed by atoms with Crippen LogP contribution in [0, 0.1) is 0 Å². The van der Waals surface area contributed by atoms with Crippen LogP contribution in [0.4, 0.5) is 0 Å². The van der Waals surface area contributed by atoms with Crippen LogP contribution in [0.5, 0.6) is 0 Å². The average molecular weight is 300 g/mol. The SMILES string of the molecule is CSC1(CNS(=O)(=O)c2ccc(C(C)N)cc2)CC1. The summed E-state index contributed by atoms with van der Waals surface area (Å²) in [4.78, 5) is 0.300. The molecule has 1 aromatic rings. The number of benzene rings is 1. The average Bonchev–Trinajstić information content (AvgIpc) is 3.17. The van der Waals surface area contributed by atoms with E-state index in [0.717, 1.165) is 18.4 Å². The second kappa shape index (κ2) is 5.44. The zero-order valence-corrected chi connectivity index (χ0v) is 12.9. The summed E-state index contributed by atoms with van der Waals surface area (Å²) in [6.45, 7) is 2.38. The molecule has 1 atom stereocenters. The van der Waals surface area contributed by atoms with Crippen LogP contribution in [0.3, 0.4) is 0 Å². The molecule has 1 aromatic carbocycles. The van der Waals surface area contributed by atoms with Crippen LogP contribution in [-0.2, 0) is 10.0 Å². The molecular weight excluding hydrogens is 280 g/mol. The Morgan fingerprint density at radius 1 is 1.37 bits per heavy atom. The Morgan fingerprint density at radius 2 is 1.95 bits per heavy atom. The molecule has 0 spiro atoms. The summed E-state index contributed by atoms with van der Waals surface area (Å²) in [5.74, 6) is 0. The van der Waals surface area contributed by atoms with Crippen LogP contribution in [0.15, 0.2) is 29.2 Å². The second-order valence-electron chi connectivity index (χ2n) is 5.07. The molecular formula is C13H20N2O2S2. The first kappa shape index (κ1) is 14.8. The lowest BCUT2D eigenvalue weighted by atomic mass is 10.1. The number of nitrogens with one attached hydrogen (secondary N) is 1. The van der Waals surface area contributed by atoms with Gasteiger partial charge in [-0.1, -0.05) is 12.1 Å². The van der Waals surface area contributed by atoms with Gasteiger partial charge in [0.25, 0.3) is 0 Å². The normalized spacial score (nSPS) is 19.1. The van der Waals surface area contributed by atoms with Gasteiger partial charge in [0.1, 0.15) is 0 Å². The number of hydrogen-bond acceptors (Lipinski definition) is 4. The number of nitrogens with two attached hydrogens (primary N) is 1. The quantitative estimate of drug-likeness (QED) is 0.841. The van der Waals surface area contributed by atoms with Crippen molar-refractivity contribution in [2.24, 2.45) is 5.73 Å². The van der Waals surface area contributed by atoms with Crippen LogP contribution in [0.25, 0.3) is 0 Å². The zero-order valence-electron chi connectivity index (χ0n) is 11.2. The van der Waals surface area contributed by atoms with Crippen molar-refractivity contribution in [1.82, 2.24) is 4.72 Å². The van der Waals surface area contributed by atoms with E-state index in [9.17, 15) is 8.42 Å². The van der Waals surface area contributed by atoms with Gasteiger partial charge in [-0.15, -0.1) is 0 Å². The fourth-order valence-electron chi connectivity index (χ4n) is 1.85. The first-order valence-electron chi connectivity index (χ1n) is 6.29. The van der Waals surface area contributed by atoms with Crippen molar-refractivity contribution in [2.45, 2.75) is 35.4 Å². The van der Waals surface area contributed by atoms with Crippen molar-refractivity contribution in [3.05, 3.63) is 29.8 Å². The molecule has 0 aromatic heterocycles. The minimum Gasteiger partial charge on any atom is -0.324 e. The first-order chi connectivity index (χ1) is 8.88. The molecule has 6 heteroatoms. The van der Waals surface area contributed by atoms with Gasteiger partial charge < -0.3 is 5.73 Å². The molecule has 0 radical (unpaired) electrons. The molecule has 0 aliphatic heterocycles. The Morgan fingerprint density at radius 3 is 2.37 bits per heavy atom.